The molecule has 1 aliphatic rings. The number of piperazine rings is 1. The number of rotatable bonds is 2. The summed E-state index contributed by atoms with van der Waals surface area (Å²) in [6.45, 7) is 5.85. The molecule has 0 aromatic rings. The number of amides is 1. The third-order valence-corrected chi connectivity index (χ3v) is 1.74. The van der Waals surface area contributed by atoms with Crippen molar-refractivity contribution in [2.24, 2.45) is 0 Å². The van der Waals surface area contributed by atoms with Crippen LogP contribution in [0.2, 0.25) is 0 Å². The highest BCUT2D eigenvalue weighted by Crippen LogP contribution is 2.07. The van der Waals surface area contributed by atoms with Crippen LogP contribution in [0.1, 0.15) is 6.92 Å². The van der Waals surface area contributed by atoms with Crippen molar-refractivity contribution in [1.82, 2.24) is 10.6 Å². The van der Waals surface area contributed by atoms with E-state index < -0.39 is 0 Å². The van der Waals surface area contributed by atoms with Crippen molar-refractivity contribution >= 4 is 5.91 Å². The Morgan fingerprint density at radius 2 is 2.14 bits per heavy atom. The highest BCUT2D eigenvalue weighted by molar-refractivity contribution is 5.83. The average molecular weight is 190 g/mol. The summed E-state index contributed by atoms with van der Waals surface area (Å²) >= 11 is 0. The van der Waals surface area contributed by atoms with Gasteiger partial charge in [-0.1, -0.05) is 24.8 Å². The Morgan fingerprint density at radius 1 is 1.36 bits per heavy atom. The van der Waals surface area contributed by atoms with Gasteiger partial charge >= 0.3 is 0 Å². The third-order valence-electron chi connectivity index (χ3n) is 1.74. The smallest absolute Gasteiger partial charge is 0.243 e. The zero-order chi connectivity index (χ0) is 10.4. The molecule has 0 bridgehead atoms. The number of carbonyl (C=O) groups excluding carboxylic acids is 1. The van der Waals surface area contributed by atoms with E-state index in [1.807, 2.05) is 31.2 Å². The predicted octanol–water partition coefficient (Wildman–Crippen LogP) is 1.24. The van der Waals surface area contributed by atoms with Gasteiger partial charge in [-0.2, -0.15) is 0 Å². The summed E-state index contributed by atoms with van der Waals surface area (Å²) in [6, 6.07) is 0. The monoisotopic (exact) mass is 190 g/mol. The lowest BCUT2D eigenvalue weighted by Crippen LogP contribution is -2.41. The van der Waals surface area contributed by atoms with Gasteiger partial charge in [0.2, 0.25) is 5.91 Å². The van der Waals surface area contributed by atoms with Crippen LogP contribution in [0.25, 0.3) is 0 Å². The van der Waals surface area contributed by atoms with E-state index in [0.717, 1.165) is 11.4 Å². The van der Waals surface area contributed by atoms with Crippen molar-refractivity contribution in [1.29, 1.82) is 0 Å². The second-order valence-corrected chi connectivity index (χ2v) is 2.82. The minimum atomic E-state index is -0.0260. The van der Waals surface area contributed by atoms with Gasteiger partial charge < -0.3 is 10.6 Å². The van der Waals surface area contributed by atoms with Gasteiger partial charge in [0, 0.05) is 0 Å². The third kappa shape index (κ3) is 2.62. The Labute approximate surface area is 83.9 Å². The lowest BCUT2D eigenvalue weighted by atomic mass is 10.2. The molecule has 3 heteroatoms. The van der Waals surface area contributed by atoms with Crippen molar-refractivity contribution < 1.29 is 4.79 Å². The first kappa shape index (κ1) is 10.3. The molecule has 74 valence electrons. The van der Waals surface area contributed by atoms with Crippen LogP contribution in [0.4, 0.5) is 0 Å². The molecule has 0 aliphatic carbocycles. The molecule has 0 atom stereocenters. The largest absolute Gasteiger partial charge is 0.374 e. The summed E-state index contributed by atoms with van der Waals surface area (Å²) in [4.78, 5) is 11.1. The molecule has 0 radical (unpaired) electrons. The second kappa shape index (κ2) is 5.07. The molecular formula is C11H14N2O. The highest BCUT2D eigenvalue weighted by Gasteiger charge is 2.14. The van der Waals surface area contributed by atoms with Crippen LogP contribution in [0.5, 0.6) is 0 Å². The fraction of sp³-hybridized carbons (Fsp3) is 0.182. The molecule has 2 N–H and O–H groups in total. The molecule has 14 heavy (non-hydrogen) atoms. The zero-order valence-electron chi connectivity index (χ0n) is 8.21. The molecule has 0 aromatic heterocycles. The van der Waals surface area contributed by atoms with Crippen LogP contribution in [0.15, 0.2) is 48.4 Å². The molecule has 1 saturated heterocycles. The summed E-state index contributed by atoms with van der Waals surface area (Å²) in [5, 5.41) is 5.78. The van der Waals surface area contributed by atoms with E-state index in [1.165, 1.54) is 0 Å². The molecule has 3 nitrogen and oxygen atoms in total. The van der Waals surface area contributed by atoms with Crippen molar-refractivity contribution in [2.75, 3.05) is 6.54 Å². The first-order valence-corrected chi connectivity index (χ1v) is 4.47. The average Bonchev–Trinajstić information content (AvgIpc) is 2.18. The van der Waals surface area contributed by atoms with Crippen molar-refractivity contribution in [3.63, 3.8) is 0 Å². The fourth-order valence-electron chi connectivity index (χ4n) is 1.12. The van der Waals surface area contributed by atoms with Crippen LogP contribution < -0.4 is 10.6 Å². The van der Waals surface area contributed by atoms with Crippen molar-refractivity contribution in [3.8, 4) is 0 Å². The summed E-state index contributed by atoms with van der Waals surface area (Å²) < 4.78 is 0. The standard InChI is InChI=1S/C11H14N2O/c1-3-5-7-10-9(6-4-2)12-8-11(14)13-10/h3-7,12H,2,8H2,1H3,(H,13,14)/b5-3-,9-6+,10-7+. The number of carbonyl (C=O) groups is 1. The van der Waals surface area contributed by atoms with E-state index in [4.69, 9.17) is 0 Å². The minimum Gasteiger partial charge on any atom is -0.374 e. The van der Waals surface area contributed by atoms with E-state index in [1.54, 1.807) is 6.08 Å². The molecular weight excluding hydrogens is 176 g/mol. The van der Waals surface area contributed by atoms with Crippen LogP contribution >= 0.6 is 0 Å². The molecule has 0 spiro atoms. The lowest BCUT2D eigenvalue weighted by Gasteiger charge is -2.20. The maximum atomic E-state index is 11.1. The Balaban J connectivity index is 2.89. The van der Waals surface area contributed by atoms with Gasteiger partial charge in [-0.25, -0.2) is 0 Å². The van der Waals surface area contributed by atoms with E-state index in [0.29, 0.717) is 6.54 Å². The molecule has 1 rings (SSSR count). The van der Waals surface area contributed by atoms with Crippen LogP contribution in [-0.4, -0.2) is 12.5 Å². The first-order chi connectivity index (χ1) is 6.77. The molecule has 0 aromatic carbocycles. The Hall–Kier alpha value is -1.77. The summed E-state index contributed by atoms with van der Waals surface area (Å²) in [5.41, 5.74) is 1.66. The van der Waals surface area contributed by atoms with E-state index in [-0.39, 0.29) is 5.91 Å². The van der Waals surface area contributed by atoms with Gasteiger partial charge in [0.05, 0.1) is 17.9 Å². The van der Waals surface area contributed by atoms with E-state index >= 15 is 0 Å². The molecule has 1 fully saturated rings. The number of allylic oxidation sites excluding steroid dienone is 5. The van der Waals surface area contributed by atoms with Gasteiger partial charge in [-0.3, -0.25) is 4.79 Å². The molecule has 0 saturated carbocycles. The zero-order valence-corrected chi connectivity index (χ0v) is 8.21. The highest BCUT2D eigenvalue weighted by atomic mass is 16.2. The maximum Gasteiger partial charge on any atom is 0.243 e. The normalized spacial score (nSPS) is 22.5. The lowest BCUT2D eigenvalue weighted by molar-refractivity contribution is -0.119. The Kier molecular flexibility index (Phi) is 3.73. The molecule has 0 unspecified atom stereocenters. The summed E-state index contributed by atoms with van der Waals surface area (Å²) in [5.74, 6) is -0.0260. The van der Waals surface area contributed by atoms with Gasteiger partial charge in [-0.05, 0) is 19.1 Å². The number of hydrogen-bond donors (Lipinski definition) is 2. The molecule has 1 aliphatic heterocycles. The van der Waals surface area contributed by atoms with Crippen LogP contribution in [-0.2, 0) is 4.79 Å². The minimum absolute atomic E-state index is 0.0260. The van der Waals surface area contributed by atoms with Gasteiger partial charge in [-0.15, -0.1) is 0 Å². The second-order valence-electron chi connectivity index (χ2n) is 2.82. The van der Waals surface area contributed by atoms with Gasteiger partial charge in [0.1, 0.15) is 0 Å². The van der Waals surface area contributed by atoms with Crippen molar-refractivity contribution in [3.05, 3.63) is 48.4 Å². The summed E-state index contributed by atoms with van der Waals surface area (Å²) in [6.07, 6.45) is 9.14. The molecule has 1 amide bonds. The topological polar surface area (TPSA) is 41.1 Å². The van der Waals surface area contributed by atoms with E-state index in [2.05, 4.69) is 17.2 Å². The van der Waals surface area contributed by atoms with Gasteiger partial charge in [0.15, 0.2) is 0 Å². The maximum absolute atomic E-state index is 11.1. The summed E-state index contributed by atoms with van der Waals surface area (Å²) in [7, 11) is 0. The first-order valence-electron chi connectivity index (χ1n) is 4.47. The van der Waals surface area contributed by atoms with Crippen molar-refractivity contribution in [2.45, 2.75) is 6.92 Å². The molecule has 1 heterocycles. The van der Waals surface area contributed by atoms with Gasteiger partial charge in [0.25, 0.3) is 0 Å². The SMILES string of the molecule is C=C/C=C1/NCC(=O)N/C1=C/C=C\C. The van der Waals surface area contributed by atoms with Crippen LogP contribution in [0, 0.1) is 0 Å². The fourth-order valence-corrected chi connectivity index (χ4v) is 1.12. The quantitative estimate of drug-likeness (QED) is 0.687. The predicted molar refractivity (Wildman–Crippen MR) is 57.3 cm³/mol. The van der Waals surface area contributed by atoms with E-state index in [9.17, 15) is 4.79 Å². The van der Waals surface area contributed by atoms with Crippen LogP contribution in [0.3, 0.4) is 0 Å². The number of nitrogens with one attached hydrogen (secondary N) is 2. The Morgan fingerprint density at radius 3 is 2.79 bits per heavy atom. The Bertz CT molecular complexity index is 324. The number of hydrogen-bond acceptors (Lipinski definition) is 2.